The average molecular weight is 421 g/mol. The summed E-state index contributed by atoms with van der Waals surface area (Å²) < 4.78 is 38.1. The molecule has 2 amide bonds. The molecule has 160 valence electrons. The molecule has 1 aromatic heterocycles. The zero-order valence-electron chi connectivity index (χ0n) is 16.1. The first-order valence-electron chi connectivity index (χ1n) is 9.26. The first kappa shape index (κ1) is 21.4. The monoisotopic (exact) mass is 421 g/mol. The van der Waals surface area contributed by atoms with Gasteiger partial charge in [0.15, 0.2) is 0 Å². The number of rotatable bonds is 4. The first-order chi connectivity index (χ1) is 14.2. The first-order valence-corrected chi connectivity index (χ1v) is 9.26. The van der Waals surface area contributed by atoms with Gasteiger partial charge in [0.1, 0.15) is 11.9 Å². The van der Waals surface area contributed by atoms with Gasteiger partial charge in [-0.1, -0.05) is 12.1 Å². The van der Waals surface area contributed by atoms with Crippen molar-refractivity contribution in [2.24, 2.45) is 0 Å². The smallest absolute Gasteiger partial charge is 0.416 e. The number of benzene rings is 1. The van der Waals surface area contributed by atoms with Crippen LogP contribution in [-0.4, -0.2) is 54.6 Å². The van der Waals surface area contributed by atoms with Crippen LogP contribution < -0.4 is 15.3 Å². The van der Waals surface area contributed by atoms with Gasteiger partial charge in [0, 0.05) is 44.9 Å². The quantitative estimate of drug-likeness (QED) is 0.813. The number of carbonyl (C=O) groups excluding carboxylic acids is 2. The van der Waals surface area contributed by atoms with E-state index in [1.165, 1.54) is 19.2 Å². The van der Waals surface area contributed by atoms with Crippen LogP contribution in [0, 0.1) is 0 Å². The van der Waals surface area contributed by atoms with E-state index in [-0.39, 0.29) is 25.4 Å². The fourth-order valence-corrected chi connectivity index (χ4v) is 3.39. The van der Waals surface area contributed by atoms with Gasteiger partial charge >= 0.3 is 6.18 Å². The molecule has 0 aliphatic carbocycles. The van der Waals surface area contributed by atoms with Crippen LogP contribution in [0.2, 0.25) is 0 Å². The van der Waals surface area contributed by atoms with Gasteiger partial charge in [-0.3, -0.25) is 4.79 Å². The Balaban J connectivity index is 1.74. The summed E-state index contributed by atoms with van der Waals surface area (Å²) in [6.07, 6.45) is -4.16. The molecule has 1 aromatic carbocycles. The molecule has 0 radical (unpaired) electrons. The molecule has 1 aliphatic rings. The highest BCUT2D eigenvalue weighted by molar-refractivity contribution is 5.77. The molecular formula is C20H20F3N4O3-. The van der Waals surface area contributed by atoms with Crippen molar-refractivity contribution < 1.29 is 27.9 Å². The van der Waals surface area contributed by atoms with E-state index in [0.29, 0.717) is 23.5 Å². The number of hydrogen-bond acceptors (Lipinski definition) is 5. The number of piperazine rings is 1. The summed E-state index contributed by atoms with van der Waals surface area (Å²) in [6, 6.07) is 7.70. The third kappa shape index (κ3) is 4.81. The molecule has 10 heteroatoms. The lowest BCUT2D eigenvalue weighted by Gasteiger charge is -2.43. The van der Waals surface area contributed by atoms with Gasteiger partial charge in [0.05, 0.1) is 11.6 Å². The van der Waals surface area contributed by atoms with Crippen LogP contribution in [0.15, 0.2) is 42.6 Å². The molecule has 1 saturated heterocycles. The van der Waals surface area contributed by atoms with Gasteiger partial charge in [-0.15, -0.1) is 0 Å². The highest BCUT2D eigenvalue weighted by Gasteiger charge is 2.30. The summed E-state index contributed by atoms with van der Waals surface area (Å²) in [5, 5.41) is 13.8. The molecule has 2 heterocycles. The highest BCUT2D eigenvalue weighted by atomic mass is 19.4. The van der Waals surface area contributed by atoms with Crippen molar-refractivity contribution in [3.05, 3.63) is 48.2 Å². The van der Waals surface area contributed by atoms with Crippen molar-refractivity contribution in [1.29, 1.82) is 0 Å². The maximum Gasteiger partial charge on any atom is 0.416 e. The van der Waals surface area contributed by atoms with Gasteiger partial charge in [-0.25, -0.2) is 4.98 Å². The Labute approximate surface area is 171 Å². The second-order valence-electron chi connectivity index (χ2n) is 6.92. The standard InChI is InChI=1S/C20H21F3N4O3/c1-24-18(28)10-16-12-26(8-9-27(16)19(29)30)17-7-4-14(11-25-17)13-2-5-15(6-3-13)20(21,22)23/h2-7,11,16H,8-10,12H2,1H3,(H,24,28)(H,29,30)/p-1. The second-order valence-corrected chi connectivity index (χ2v) is 6.92. The fourth-order valence-electron chi connectivity index (χ4n) is 3.39. The van der Waals surface area contributed by atoms with Crippen LogP contribution in [0.4, 0.5) is 23.8 Å². The van der Waals surface area contributed by atoms with Crippen LogP contribution in [0.1, 0.15) is 12.0 Å². The molecular weight excluding hydrogens is 401 g/mol. The van der Waals surface area contributed by atoms with Crippen molar-refractivity contribution >= 4 is 17.8 Å². The van der Waals surface area contributed by atoms with Crippen LogP contribution in [0.25, 0.3) is 11.1 Å². The summed E-state index contributed by atoms with van der Waals surface area (Å²) in [6.45, 7) is 0.825. The van der Waals surface area contributed by atoms with Crippen molar-refractivity contribution in [1.82, 2.24) is 15.2 Å². The Kier molecular flexibility index (Phi) is 6.14. The van der Waals surface area contributed by atoms with Crippen LogP contribution in [-0.2, 0) is 11.0 Å². The van der Waals surface area contributed by atoms with E-state index in [9.17, 15) is 27.9 Å². The number of alkyl halides is 3. The third-order valence-electron chi connectivity index (χ3n) is 5.03. The summed E-state index contributed by atoms with van der Waals surface area (Å²) in [4.78, 5) is 30.4. The number of aromatic nitrogens is 1. The maximum absolute atomic E-state index is 12.7. The normalized spacial score (nSPS) is 17.0. The summed E-state index contributed by atoms with van der Waals surface area (Å²) in [5.41, 5.74) is 0.535. The molecule has 7 nitrogen and oxygen atoms in total. The molecule has 30 heavy (non-hydrogen) atoms. The zero-order chi connectivity index (χ0) is 21.9. The Hall–Kier alpha value is -3.30. The van der Waals surface area contributed by atoms with E-state index in [1.807, 2.05) is 4.90 Å². The predicted octanol–water partition coefficient (Wildman–Crippen LogP) is 1.74. The summed E-state index contributed by atoms with van der Waals surface area (Å²) in [5.74, 6) is 0.310. The molecule has 1 N–H and O–H groups in total. The topological polar surface area (TPSA) is 88.6 Å². The van der Waals surface area contributed by atoms with Crippen molar-refractivity contribution in [2.45, 2.75) is 18.6 Å². The second kappa shape index (κ2) is 8.60. The number of hydrogen-bond donors (Lipinski definition) is 1. The molecule has 1 aliphatic heterocycles. The number of anilines is 1. The van der Waals surface area contributed by atoms with E-state index >= 15 is 0 Å². The SMILES string of the molecule is CNC(=O)CC1CN(c2ccc(-c3ccc(C(F)(F)F)cc3)cn2)CCN1C(=O)[O-]. The highest BCUT2D eigenvalue weighted by Crippen LogP contribution is 2.31. The van der Waals surface area contributed by atoms with Crippen LogP contribution in [0.5, 0.6) is 0 Å². The van der Waals surface area contributed by atoms with Gasteiger partial charge in [-0.05, 0) is 29.8 Å². The summed E-state index contributed by atoms with van der Waals surface area (Å²) >= 11 is 0. The Morgan fingerprint density at radius 3 is 2.33 bits per heavy atom. The molecule has 0 bridgehead atoms. The van der Waals surface area contributed by atoms with Crippen LogP contribution >= 0.6 is 0 Å². The fraction of sp³-hybridized carbons (Fsp3) is 0.350. The summed E-state index contributed by atoms with van der Waals surface area (Å²) in [7, 11) is 1.48. The lowest BCUT2D eigenvalue weighted by molar-refractivity contribution is -0.268. The van der Waals surface area contributed by atoms with Gasteiger partial charge < -0.3 is 25.0 Å². The number of halogens is 3. The van der Waals surface area contributed by atoms with E-state index in [4.69, 9.17) is 0 Å². The van der Waals surface area contributed by atoms with Gasteiger partial charge in [0.25, 0.3) is 0 Å². The molecule has 0 saturated carbocycles. The largest absolute Gasteiger partial charge is 0.530 e. The Bertz CT molecular complexity index is 901. The zero-order valence-corrected chi connectivity index (χ0v) is 16.1. The molecule has 1 fully saturated rings. The number of nitrogens with one attached hydrogen (secondary N) is 1. The van der Waals surface area contributed by atoms with E-state index in [2.05, 4.69) is 10.3 Å². The minimum Gasteiger partial charge on any atom is -0.530 e. The van der Waals surface area contributed by atoms with Crippen molar-refractivity contribution in [2.75, 3.05) is 31.6 Å². The van der Waals surface area contributed by atoms with Crippen molar-refractivity contribution in [3.8, 4) is 11.1 Å². The minimum absolute atomic E-state index is 0.00458. The average Bonchev–Trinajstić information content (AvgIpc) is 2.73. The maximum atomic E-state index is 12.7. The van der Waals surface area contributed by atoms with Gasteiger partial charge in [0.2, 0.25) is 5.91 Å². The molecule has 1 unspecified atom stereocenters. The van der Waals surface area contributed by atoms with E-state index in [1.54, 1.807) is 18.3 Å². The predicted molar refractivity (Wildman–Crippen MR) is 101 cm³/mol. The van der Waals surface area contributed by atoms with E-state index < -0.39 is 23.9 Å². The van der Waals surface area contributed by atoms with Crippen LogP contribution in [0.3, 0.4) is 0 Å². The third-order valence-corrected chi connectivity index (χ3v) is 5.03. The Morgan fingerprint density at radius 2 is 1.80 bits per heavy atom. The van der Waals surface area contributed by atoms with Crippen molar-refractivity contribution in [3.63, 3.8) is 0 Å². The molecule has 0 spiro atoms. The van der Waals surface area contributed by atoms with E-state index in [0.717, 1.165) is 17.0 Å². The molecule has 2 aromatic rings. The molecule has 1 atom stereocenters. The number of carboxylic acid groups (broad SMARTS) is 1. The Morgan fingerprint density at radius 1 is 1.13 bits per heavy atom. The number of nitrogens with zero attached hydrogens (tertiary/aromatic N) is 3. The number of carbonyl (C=O) groups is 2. The van der Waals surface area contributed by atoms with Gasteiger partial charge in [-0.2, -0.15) is 13.2 Å². The lowest BCUT2D eigenvalue weighted by Crippen LogP contribution is -2.59. The lowest BCUT2D eigenvalue weighted by atomic mass is 10.1. The minimum atomic E-state index is -4.39. The number of amides is 2. The number of pyridine rings is 1. The molecule has 3 rings (SSSR count).